The Bertz CT molecular complexity index is 596. The lowest BCUT2D eigenvalue weighted by Crippen LogP contribution is -2.31. The van der Waals surface area contributed by atoms with E-state index < -0.39 is 5.60 Å². The predicted octanol–water partition coefficient (Wildman–Crippen LogP) is 0.0612. The molecule has 0 radical (unpaired) electrons. The second-order valence-electron chi connectivity index (χ2n) is 4.55. The first-order valence-electron chi connectivity index (χ1n) is 5.89. The highest BCUT2D eigenvalue weighted by Crippen LogP contribution is 2.24. The second-order valence-corrected chi connectivity index (χ2v) is 4.55. The maximum Gasteiger partial charge on any atom is 0.229 e. The van der Waals surface area contributed by atoms with E-state index in [1.54, 1.807) is 19.1 Å². The Morgan fingerprint density at radius 2 is 1.85 bits per heavy atom. The van der Waals surface area contributed by atoms with Gasteiger partial charge < -0.3 is 27.0 Å². The molecule has 1 atom stereocenters. The number of rotatable bonds is 4. The molecule has 0 amide bonds. The van der Waals surface area contributed by atoms with Gasteiger partial charge in [0.25, 0.3) is 0 Å². The van der Waals surface area contributed by atoms with Gasteiger partial charge in [0.05, 0.1) is 6.54 Å². The third kappa shape index (κ3) is 3.23. The molecule has 0 aliphatic rings. The van der Waals surface area contributed by atoms with Crippen molar-refractivity contribution in [3.05, 3.63) is 29.8 Å². The summed E-state index contributed by atoms with van der Waals surface area (Å²) < 4.78 is 0. The zero-order chi connectivity index (χ0) is 14.8. The van der Waals surface area contributed by atoms with Crippen LogP contribution in [0.15, 0.2) is 24.3 Å². The molecule has 8 heteroatoms. The van der Waals surface area contributed by atoms with Crippen molar-refractivity contribution in [2.75, 3.05) is 23.3 Å². The van der Waals surface area contributed by atoms with Crippen molar-refractivity contribution in [1.29, 1.82) is 0 Å². The van der Waals surface area contributed by atoms with Crippen molar-refractivity contribution in [3.63, 3.8) is 0 Å². The summed E-state index contributed by atoms with van der Waals surface area (Å²) in [7, 11) is 0. The molecule has 106 valence electrons. The molecule has 0 saturated carbocycles. The summed E-state index contributed by atoms with van der Waals surface area (Å²) in [5.41, 5.74) is 10.2. The number of aliphatic hydroxyl groups is 1. The number of aromatic hydroxyl groups is 1. The van der Waals surface area contributed by atoms with Crippen molar-refractivity contribution in [2.24, 2.45) is 0 Å². The molecule has 1 aromatic carbocycles. The van der Waals surface area contributed by atoms with Crippen LogP contribution < -0.4 is 16.8 Å². The SMILES string of the molecule is CC(O)(CNc1nc(N)nc(N)n1)c1cccc(O)c1. The first-order valence-corrected chi connectivity index (χ1v) is 5.89. The van der Waals surface area contributed by atoms with Gasteiger partial charge in [-0.25, -0.2) is 0 Å². The fourth-order valence-electron chi connectivity index (χ4n) is 1.68. The molecule has 0 bridgehead atoms. The predicted molar refractivity (Wildman–Crippen MR) is 74.8 cm³/mol. The Morgan fingerprint density at radius 3 is 2.45 bits per heavy atom. The quantitative estimate of drug-likeness (QED) is 0.527. The molecule has 1 heterocycles. The van der Waals surface area contributed by atoms with E-state index in [9.17, 15) is 10.2 Å². The minimum atomic E-state index is -1.23. The lowest BCUT2D eigenvalue weighted by atomic mass is 9.96. The maximum absolute atomic E-state index is 10.4. The van der Waals surface area contributed by atoms with Gasteiger partial charge in [0.15, 0.2) is 0 Å². The van der Waals surface area contributed by atoms with Crippen LogP contribution in [0.3, 0.4) is 0 Å². The number of aromatic nitrogens is 3. The first-order chi connectivity index (χ1) is 9.37. The summed E-state index contributed by atoms with van der Waals surface area (Å²) in [6.07, 6.45) is 0. The molecule has 8 nitrogen and oxygen atoms in total. The van der Waals surface area contributed by atoms with Crippen LogP contribution >= 0.6 is 0 Å². The van der Waals surface area contributed by atoms with Gasteiger partial charge in [0.1, 0.15) is 11.4 Å². The first kappa shape index (κ1) is 13.8. The van der Waals surface area contributed by atoms with Crippen molar-refractivity contribution >= 4 is 17.8 Å². The van der Waals surface area contributed by atoms with Crippen molar-refractivity contribution in [3.8, 4) is 5.75 Å². The standard InChI is InChI=1S/C12H16N6O2/c1-12(20,7-3-2-4-8(19)5-7)6-15-11-17-9(13)16-10(14)18-11/h2-5,19-20H,6H2,1H3,(H5,13,14,15,16,17,18). The monoisotopic (exact) mass is 276 g/mol. The average Bonchev–Trinajstić information content (AvgIpc) is 2.35. The van der Waals surface area contributed by atoms with Crippen LogP contribution in [-0.2, 0) is 5.60 Å². The van der Waals surface area contributed by atoms with E-state index in [1.165, 1.54) is 12.1 Å². The summed E-state index contributed by atoms with van der Waals surface area (Å²) in [5.74, 6) is 0.251. The fraction of sp³-hybridized carbons (Fsp3) is 0.250. The Labute approximate surface area is 115 Å². The highest BCUT2D eigenvalue weighted by atomic mass is 16.3. The van der Waals surface area contributed by atoms with E-state index in [-0.39, 0.29) is 30.1 Å². The summed E-state index contributed by atoms with van der Waals surface area (Å²) in [4.78, 5) is 11.4. The van der Waals surface area contributed by atoms with E-state index in [0.29, 0.717) is 5.56 Å². The molecule has 0 aliphatic heterocycles. The minimum absolute atomic E-state index is 0.00278. The molecule has 1 aromatic heterocycles. The number of benzene rings is 1. The molecule has 1 unspecified atom stereocenters. The molecule has 0 saturated heterocycles. The van der Waals surface area contributed by atoms with E-state index in [2.05, 4.69) is 20.3 Å². The Balaban J connectivity index is 2.12. The highest BCUT2D eigenvalue weighted by molar-refractivity contribution is 5.38. The van der Waals surface area contributed by atoms with Crippen LogP contribution in [0, 0.1) is 0 Å². The van der Waals surface area contributed by atoms with Gasteiger partial charge in [-0.15, -0.1) is 0 Å². The number of phenolic OH excluding ortho intramolecular Hbond substituents is 1. The summed E-state index contributed by atoms with van der Waals surface area (Å²) >= 11 is 0. The topological polar surface area (TPSA) is 143 Å². The lowest BCUT2D eigenvalue weighted by Gasteiger charge is -2.24. The molecule has 0 aliphatic carbocycles. The van der Waals surface area contributed by atoms with E-state index >= 15 is 0 Å². The molecule has 2 rings (SSSR count). The van der Waals surface area contributed by atoms with Gasteiger partial charge >= 0.3 is 0 Å². The number of hydrogen-bond acceptors (Lipinski definition) is 8. The fourth-order valence-corrected chi connectivity index (χ4v) is 1.68. The van der Waals surface area contributed by atoms with Crippen LogP contribution in [0.1, 0.15) is 12.5 Å². The summed E-state index contributed by atoms with van der Waals surface area (Å²) in [6.45, 7) is 1.71. The third-order valence-electron chi connectivity index (χ3n) is 2.73. The van der Waals surface area contributed by atoms with Gasteiger partial charge in [0, 0.05) is 0 Å². The average molecular weight is 276 g/mol. The number of phenols is 1. The van der Waals surface area contributed by atoms with Gasteiger partial charge in [0.2, 0.25) is 17.8 Å². The Hall–Kier alpha value is -2.61. The summed E-state index contributed by atoms with van der Waals surface area (Å²) in [5, 5.41) is 22.7. The lowest BCUT2D eigenvalue weighted by molar-refractivity contribution is 0.0711. The molecule has 0 spiro atoms. The number of hydrogen-bond donors (Lipinski definition) is 5. The Kier molecular flexibility index (Phi) is 3.57. The van der Waals surface area contributed by atoms with Gasteiger partial charge in [-0.1, -0.05) is 12.1 Å². The van der Waals surface area contributed by atoms with Gasteiger partial charge in [-0.05, 0) is 24.6 Å². The highest BCUT2D eigenvalue weighted by Gasteiger charge is 2.23. The van der Waals surface area contributed by atoms with Crippen molar-refractivity contribution < 1.29 is 10.2 Å². The van der Waals surface area contributed by atoms with Crippen LogP contribution in [0.4, 0.5) is 17.8 Å². The number of nitrogens with zero attached hydrogens (tertiary/aromatic N) is 3. The minimum Gasteiger partial charge on any atom is -0.508 e. The van der Waals surface area contributed by atoms with E-state index in [0.717, 1.165) is 0 Å². The van der Waals surface area contributed by atoms with Gasteiger partial charge in [-0.2, -0.15) is 15.0 Å². The number of nitrogens with one attached hydrogen (secondary N) is 1. The summed E-state index contributed by atoms with van der Waals surface area (Å²) in [6, 6.07) is 6.37. The maximum atomic E-state index is 10.4. The second kappa shape index (κ2) is 5.17. The molecule has 0 fully saturated rings. The largest absolute Gasteiger partial charge is 0.508 e. The molecular weight excluding hydrogens is 260 g/mol. The van der Waals surface area contributed by atoms with Crippen LogP contribution in [0.5, 0.6) is 5.75 Å². The molecule has 20 heavy (non-hydrogen) atoms. The van der Waals surface area contributed by atoms with Gasteiger partial charge in [-0.3, -0.25) is 0 Å². The third-order valence-corrected chi connectivity index (χ3v) is 2.73. The molecule has 7 N–H and O–H groups in total. The van der Waals surface area contributed by atoms with Crippen LogP contribution in [0.25, 0.3) is 0 Å². The number of anilines is 3. The molecular formula is C12H16N6O2. The van der Waals surface area contributed by atoms with Crippen LogP contribution in [-0.4, -0.2) is 31.7 Å². The van der Waals surface area contributed by atoms with E-state index in [4.69, 9.17) is 11.5 Å². The zero-order valence-corrected chi connectivity index (χ0v) is 10.9. The van der Waals surface area contributed by atoms with E-state index in [1.807, 2.05) is 0 Å². The molecule has 2 aromatic rings. The zero-order valence-electron chi connectivity index (χ0n) is 10.9. The smallest absolute Gasteiger partial charge is 0.229 e. The Morgan fingerprint density at radius 1 is 1.20 bits per heavy atom. The van der Waals surface area contributed by atoms with Crippen molar-refractivity contribution in [2.45, 2.75) is 12.5 Å². The number of nitrogen functional groups attached to an aromatic ring is 2. The normalized spacial score (nSPS) is 13.7. The number of nitrogens with two attached hydrogens (primary N) is 2. The van der Waals surface area contributed by atoms with Crippen LogP contribution in [0.2, 0.25) is 0 Å². The van der Waals surface area contributed by atoms with Crippen molar-refractivity contribution in [1.82, 2.24) is 15.0 Å².